The van der Waals surface area contributed by atoms with Crippen molar-refractivity contribution in [2.24, 2.45) is 0 Å². The van der Waals surface area contributed by atoms with Gasteiger partial charge in [-0.25, -0.2) is 4.39 Å². The second-order valence-corrected chi connectivity index (χ2v) is 6.32. The van der Waals surface area contributed by atoms with Crippen molar-refractivity contribution in [3.63, 3.8) is 0 Å². The van der Waals surface area contributed by atoms with Gasteiger partial charge in [-0.2, -0.15) is 10.2 Å². The zero-order chi connectivity index (χ0) is 22.4. The predicted octanol–water partition coefficient (Wildman–Crippen LogP) is 2.19. The molecule has 0 aliphatic heterocycles. The Morgan fingerprint density at radius 1 is 1.03 bits per heavy atom. The highest BCUT2D eigenvalue weighted by Gasteiger charge is 2.16. The highest BCUT2D eigenvalue weighted by molar-refractivity contribution is 6.58. The quantitative estimate of drug-likeness (QED) is 0.291. The number of rotatable bonds is 4. The molecular weight excluding hydrogens is 404 g/mol. The van der Waals surface area contributed by atoms with E-state index in [1.165, 1.54) is 30.5 Å². The summed E-state index contributed by atoms with van der Waals surface area (Å²) < 4.78 is 19.1. The number of fused-ring (bicyclic) bond motifs is 1. The molecule has 31 heavy (non-hydrogen) atoms. The molecule has 0 bridgehead atoms. The molecule has 0 saturated heterocycles. The van der Waals surface area contributed by atoms with Crippen LogP contribution in [0.4, 0.5) is 10.1 Å². The summed E-state index contributed by atoms with van der Waals surface area (Å²) in [4.78, 5) is 8.36. The Labute approximate surface area is 176 Å². The van der Waals surface area contributed by atoms with Crippen LogP contribution in [0.5, 0.6) is 11.5 Å². The van der Waals surface area contributed by atoms with Crippen LogP contribution in [0.3, 0.4) is 0 Å². The third kappa shape index (κ3) is 5.13. The van der Waals surface area contributed by atoms with Gasteiger partial charge in [0.05, 0.1) is 17.4 Å². The molecule has 156 valence electrons. The van der Waals surface area contributed by atoms with E-state index in [-0.39, 0.29) is 12.3 Å². The summed E-state index contributed by atoms with van der Waals surface area (Å²) in [6, 6.07) is 15.9. The molecule has 0 fully saturated rings. The highest BCUT2D eigenvalue weighted by Crippen LogP contribution is 2.34. The maximum atomic E-state index is 13.2. The number of carboxylic acid groups (broad SMARTS) is 1. The third-order valence-electron chi connectivity index (χ3n) is 4.33. The van der Waals surface area contributed by atoms with Gasteiger partial charge in [-0.3, -0.25) is 4.79 Å². The number of nitrogens with two attached hydrogens (primary N) is 1. The summed E-state index contributed by atoms with van der Waals surface area (Å²) in [6.07, 6.45) is 1.48. The molecular formula is C21H17BFN3O5. The van der Waals surface area contributed by atoms with Gasteiger partial charge >= 0.3 is 7.12 Å². The van der Waals surface area contributed by atoms with Crippen LogP contribution in [0.2, 0.25) is 0 Å². The molecule has 4 rings (SSSR count). The van der Waals surface area contributed by atoms with Gasteiger partial charge in [0.15, 0.2) is 0 Å². The molecule has 0 radical (unpaired) electrons. The Morgan fingerprint density at radius 2 is 1.74 bits per heavy atom. The summed E-state index contributed by atoms with van der Waals surface area (Å²) >= 11 is 0. The zero-order valence-corrected chi connectivity index (χ0v) is 16.0. The Bertz CT molecular complexity index is 1210. The Kier molecular flexibility index (Phi) is 6.76. The van der Waals surface area contributed by atoms with E-state index in [1.807, 2.05) is 12.1 Å². The number of hydrogen-bond donors (Lipinski definition) is 4. The molecule has 0 aliphatic carbocycles. The van der Waals surface area contributed by atoms with E-state index in [4.69, 9.17) is 20.4 Å². The summed E-state index contributed by atoms with van der Waals surface area (Å²) in [5.74, 6) is 0.550. The Balaban J connectivity index is 0.000000858. The van der Waals surface area contributed by atoms with E-state index in [2.05, 4.69) is 10.2 Å². The molecule has 4 aromatic rings. The fourth-order valence-corrected chi connectivity index (χ4v) is 2.90. The standard InChI is InChI=1S/C20H15BFN3O3.CH2O2/c22-14-3-5-15(6-4-14)28-20-8-2-13(21(26)27)10-17(20)12-1-7-16-18(23)11-24-25-19(16)9-12;2-1-3/h1-11,26-27H,(H2,23,25);1H,(H,2,3). The van der Waals surface area contributed by atoms with E-state index >= 15 is 0 Å². The number of hydrogen-bond acceptors (Lipinski definition) is 7. The Hall–Kier alpha value is -4.02. The lowest BCUT2D eigenvalue weighted by Crippen LogP contribution is -2.29. The van der Waals surface area contributed by atoms with Crippen LogP contribution in [0.15, 0.2) is 66.9 Å². The van der Waals surface area contributed by atoms with Crippen LogP contribution in [0.25, 0.3) is 22.0 Å². The lowest BCUT2D eigenvalue weighted by atomic mass is 9.79. The number of anilines is 1. The molecule has 3 aromatic carbocycles. The number of halogens is 1. The summed E-state index contributed by atoms with van der Waals surface area (Å²) in [5.41, 5.74) is 8.69. The van der Waals surface area contributed by atoms with Gasteiger partial charge in [0.2, 0.25) is 0 Å². The minimum atomic E-state index is -1.63. The number of benzene rings is 3. The first kappa shape index (κ1) is 21.7. The van der Waals surface area contributed by atoms with Gasteiger partial charge in [-0.1, -0.05) is 18.2 Å². The number of aromatic nitrogens is 2. The monoisotopic (exact) mass is 421 g/mol. The Morgan fingerprint density at radius 3 is 2.42 bits per heavy atom. The fourth-order valence-electron chi connectivity index (χ4n) is 2.90. The summed E-state index contributed by atoms with van der Waals surface area (Å²) in [7, 11) is -1.63. The minimum absolute atomic E-state index is 0.250. The molecule has 0 unspecified atom stereocenters. The van der Waals surface area contributed by atoms with E-state index < -0.39 is 7.12 Å². The first-order chi connectivity index (χ1) is 14.9. The van der Waals surface area contributed by atoms with Crippen molar-refractivity contribution >= 4 is 35.6 Å². The minimum Gasteiger partial charge on any atom is -0.483 e. The van der Waals surface area contributed by atoms with Gasteiger partial charge in [-0.05, 0) is 53.5 Å². The van der Waals surface area contributed by atoms with Crippen LogP contribution >= 0.6 is 0 Å². The molecule has 0 amide bonds. The third-order valence-corrected chi connectivity index (χ3v) is 4.33. The van der Waals surface area contributed by atoms with Gasteiger partial charge in [0, 0.05) is 10.9 Å². The van der Waals surface area contributed by atoms with Crippen molar-refractivity contribution in [1.29, 1.82) is 0 Å². The highest BCUT2D eigenvalue weighted by atomic mass is 19.1. The van der Waals surface area contributed by atoms with E-state index in [9.17, 15) is 14.4 Å². The average Bonchev–Trinajstić information content (AvgIpc) is 2.76. The molecule has 5 N–H and O–H groups in total. The average molecular weight is 421 g/mol. The van der Waals surface area contributed by atoms with Crippen molar-refractivity contribution in [3.8, 4) is 22.6 Å². The lowest BCUT2D eigenvalue weighted by molar-refractivity contribution is -0.122. The molecule has 8 nitrogen and oxygen atoms in total. The molecule has 10 heteroatoms. The van der Waals surface area contributed by atoms with Crippen molar-refractivity contribution in [2.75, 3.05) is 5.73 Å². The van der Waals surface area contributed by atoms with E-state index in [0.29, 0.717) is 33.7 Å². The van der Waals surface area contributed by atoms with Gasteiger partial charge in [0.1, 0.15) is 17.3 Å². The number of nitrogens with zero attached hydrogens (tertiary/aromatic N) is 2. The summed E-state index contributed by atoms with van der Waals surface area (Å²) in [5, 5.41) is 34.7. The SMILES string of the molecule is Nc1cnnc2cc(-c3cc(B(O)O)ccc3Oc3ccc(F)cc3)ccc12.O=CO. The zero-order valence-electron chi connectivity index (χ0n) is 16.0. The normalized spacial score (nSPS) is 10.2. The summed E-state index contributed by atoms with van der Waals surface area (Å²) in [6.45, 7) is -0.250. The molecule has 0 spiro atoms. The molecule has 0 saturated carbocycles. The lowest BCUT2D eigenvalue weighted by Gasteiger charge is -2.14. The van der Waals surface area contributed by atoms with Crippen LogP contribution in [-0.2, 0) is 4.79 Å². The predicted molar refractivity (Wildman–Crippen MR) is 114 cm³/mol. The second kappa shape index (κ2) is 9.66. The molecule has 1 heterocycles. The van der Waals surface area contributed by atoms with Crippen LogP contribution in [0, 0.1) is 5.82 Å². The first-order valence-electron chi connectivity index (χ1n) is 8.95. The fraction of sp³-hybridized carbons (Fsp3) is 0. The second-order valence-electron chi connectivity index (χ2n) is 6.32. The maximum absolute atomic E-state index is 13.2. The topological polar surface area (TPSA) is 139 Å². The number of nitrogen functional groups attached to an aromatic ring is 1. The van der Waals surface area contributed by atoms with E-state index in [1.54, 1.807) is 24.3 Å². The molecule has 1 aromatic heterocycles. The number of ether oxygens (including phenoxy) is 1. The van der Waals surface area contributed by atoms with Gasteiger partial charge in [-0.15, -0.1) is 0 Å². The smallest absolute Gasteiger partial charge is 0.483 e. The molecule has 0 atom stereocenters. The largest absolute Gasteiger partial charge is 0.488 e. The molecule has 0 aliphatic rings. The first-order valence-corrected chi connectivity index (χ1v) is 8.95. The van der Waals surface area contributed by atoms with Crippen molar-refractivity contribution in [1.82, 2.24) is 10.2 Å². The van der Waals surface area contributed by atoms with Gasteiger partial charge < -0.3 is 25.6 Å². The number of carbonyl (C=O) groups is 1. The van der Waals surface area contributed by atoms with Crippen LogP contribution in [0.1, 0.15) is 0 Å². The van der Waals surface area contributed by atoms with Crippen molar-refractivity contribution in [2.45, 2.75) is 0 Å². The van der Waals surface area contributed by atoms with Crippen LogP contribution in [-0.4, -0.2) is 38.9 Å². The van der Waals surface area contributed by atoms with Gasteiger partial charge in [0.25, 0.3) is 6.47 Å². The van der Waals surface area contributed by atoms with E-state index in [0.717, 1.165) is 10.9 Å². The van der Waals surface area contributed by atoms with Crippen molar-refractivity contribution in [3.05, 3.63) is 72.7 Å². The van der Waals surface area contributed by atoms with Crippen molar-refractivity contribution < 1.29 is 29.1 Å². The maximum Gasteiger partial charge on any atom is 0.488 e. The van der Waals surface area contributed by atoms with Crippen LogP contribution < -0.4 is 15.9 Å².